The smallest absolute Gasteiger partial charge is 0.305 e. The Kier molecular flexibility index (Phi) is 13.5. The molecule has 0 aromatic rings. The first-order valence-electron chi connectivity index (χ1n) is 7.01. The van der Waals surface area contributed by atoms with Gasteiger partial charge in [0.2, 0.25) is 0 Å². The van der Waals surface area contributed by atoms with Crippen LogP contribution in [0.5, 0.6) is 0 Å². The van der Waals surface area contributed by atoms with Crippen LogP contribution >= 0.6 is 0 Å². The normalized spacial score (nSPS) is 10.3. The van der Waals surface area contributed by atoms with E-state index in [1.54, 1.807) is 0 Å². The minimum atomic E-state index is -0.152. The number of aldehydes is 1. The third kappa shape index (κ3) is 13.2. The molecule has 1 N–H and O–H groups in total. The molecule has 4 heteroatoms. The average molecular weight is 258 g/mol. The number of aliphatic hydroxyl groups is 1. The summed E-state index contributed by atoms with van der Waals surface area (Å²) in [5.74, 6) is -0.152. The lowest BCUT2D eigenvalue weighted by atomic mass is 10.1. The lowest BCUT2D eigenvalue weighted by molar-refractivity contribution is -0.144. The molecule has 0 aromatic heterocycles. The van der Waals surface area contributed by atoms with Crippen molar-refractivity contribution in [2.75, 3.05) is 13.2 Å². The summed E-state index contributed by atoms with van der Waals surface area (Å²) in [5.41, 5.74) is 0. The van der Waals surface area contributed by atoms with Gasteiger partial charge in [-0.15, -0.1) is 0 Å². The average Bonchev–Trinajstić information content (AvgIpc) is 2.38. The van der Waals surface area contributed by atoms with Crippen molar-refractivity contribution in [1.82, 2.24) is 0 Å². The molecular formula is C14H26O4. The summed E-state index contributed by atoms with van der Waals surface area (Å²) >= 11 is 0. The number of ether oxygens (including phenoxy) is 1. The first-order valence-corrected chi connectivity index (χ1v) is 7.01. The molecule has 0 aromatic carbocycles. The maximum Gasteiger partial charge on any atom is 0.305 e. The van der Waals surface area contributed by atoms with Crippen LogP contribution in [0, 0.1) is 0 Å². The molecule has 0 aliphatic rings. The van der Waals surface area contributed by atoms with Crippen molar-refractivity contribution in [1.29, 1.82) is 0 Å². The lowest BCUT2D eigenvalue weighted by Crippen LogP contribution is -2.05. The maximum absolute atomic E-state index is 11.2. The van der Waals surface area contributed by atoms with Gasteiger partial charge in [0.25, 0.3) is 0 Å². The molecule has 0 radical (unpaired) electrons. The highest BCUT2D eigenvalue weighted by Crippen LogP contribution is 2.06. The zero-order valence-electron chi connectivity index (χ0n) is 11.2. The number of hydrogen-bond donors (Lipinski definition) is 1. The molecule has 0 aliphatic carbocycles. The van der Waals surface area contributed by atoms with Crippen molar-refractivity contribution in [2.24, 2.45) is 0 Å². The zero-order valence-corrected chi connectivity index (χ0v) is 11.2. The Balaban J connectivity index is 3.12. The fourth-order valence-electron chi connectivity index (χ4n) is 1.68. The maximum atomic E-state index is 11.2. The largest absolute Gasteiger partial charge is 0.466 e. The van der Waals surface area contributed by atoms with Gasteiger partial charge in [0.1, 0.15) is 6.29 Å². The van der Waals surface area contributed by atoms with Gasteiger partial charge >= 0.3 is 5.97 Å². The van der Waals surface area contributed by atoms with Crippen LogP contribution in [0.2, 0.25) is 0 Å². The molecule has 0 fully saturated rings. The van der Waals surface area contributed by atoms with E-state index >= 15 is 0 Å². The number of hydrogen-bond acceptors (Lipinski definition) is 4. The molecule has 0 aliphatic heterocycles. The minimum Gasteiger partial charge on any atom is -0.466 e. The summed E-state index contributed by atoms with van der Waals surface area (Å²) < 4.78 is 5.08. The Hall–Kier alpha value is -0.900. The highest BCUT2D eigenvalue weighted by Gasteiger charge is 2.01. The molecular weight excluding hydrogens is 232 g/mol. The Morgan fingerprint density at radius 1 is 0.944 bits per heavy atom. The standard InChI is InChI=1S/C14H26O4/c15-11-7-3-1-2-4-9-13-18-14(17)10-6-5-8-12-16/h12,15H,1-11,13H2. The van der Waals surface area contributed by atoms with Crippen LogP contribution in [0.25, 0.3) is 0 Å². The van der Waals surface area contributed by atoms with Crippen molar-refractivity contribution in [3.05, 3.63) is 0 Å². The summed E-state index contributed by atoms with van der Waals surface area (Å²) in [6.45, 7) is 0.786. The number of unbranched alkanes of at least 4 members (excludes halogenated alkanes) is 7. The van der Waals surface area contributed by atoms with Gasteiger partial charge in [0.05, 0.1) is 6.61 Å². The summed E-state index contributed by atoms with van der Waals surface area (Å²) in [6.07, 6.45) is 9.55. The Labute approximate surface area is 110 Å². The van der Waals surface area contributed by atoms with E-state index in [-0.39, 0.29) is 12.6 Å². The molecule has 0 rings (SSSR count). The lowest BCUT2D eigenvalue weighted by Gasteiger charge is -2.04. The van der Waals surface area contributed by atoms with E-state index in [0.29, 0.717) is 19.4 Å². The third-order valence-electron chi connectivity index (χ3n) is 2.77. The third-order valence-corrected chi connectivity index (χ3v) is 2.77. The predicted molar refractivity (Wildman–Crippen MR) is 70.3 cm³/mol. The van der Waals surface area contributed by atoms with Gasteiger partial charge in [-0.05, 0) is 25.7 Å². The van der Waals surface area contributed by atoms with Gasteiger partial charge in [-0.2, -0.15) is 0 Å². The summed E-state index contributed by atoms with van der Waals surface area (Å²) in [7, 11) is 0. The van der Waals surface area contributed by atoms with E-state index in [1.165, 1.54) is 0 Å². The Morgan fingerprint density at radius 3 is 2.28 bits per heavy atom. The Bertz CT molecular complexity index is 204. The van der Waals surface area contributed by atoms with Crippen LogP contribution in [0.3, 0.4) is 0 Å². The second kappa shape index (κ2) is 14.2. The van der Waals surface area contributed by atoms with Gasteiger partial charge in [0, 0.05) is 19.4 Å². The van der Waals surface area contributed by atoms with Gasteiger partial charge in [-0.25, -0.2) is 0 Å². The molecule has 0 unspecified atom stereocenters. The summed E-state index contributed by atoms with van der Waals surface area (Å²) in [5, 5.41) is 8.60. The van der Waals surface area contributed by atoms with Gasteiger partial charge < -0.3 is 14.6 Å². The number of esters is 1. The molecule has 0 spiro atoms. The first kappa shape index (κ1) is 17.1. The second-order valence-electron chi connectivity index (χ2n) is 4.48. The minimum absolute atomic E-state index is 0.152. The second-order valence-corrected chi connectivity index (χ2v) is 4.48. The number of carbonyl (C=O) groups is 2. The summed E-state index contributed by atoms with van der Waals surface area (Å²) in [6, 6.07) is 0. The molecule has 0 saturated heterocycles. The van der Waals surface area contributed by atoms with E-state index in [4.69, 9.17) is 9.84 Å². The Morgan fingerprint density at radius 2 is 1.61 bits per heavy atom. The van der Waals surface area contributed by atoms with Crippen LogP contribution < -0.4 is 0 Å². The van der Waals surface area contributed by atoms with Crippen LogP contribution in [-0.2, 0) is 14.3 Å². The SMILES string of the molecule is O=CCCCCC(=O)OCCCCCCCCO. The highest BCUT2D eigenvalue weighted by molar-refractivity contribution is 5.69. The number of aliphatic hydroxyl groups excluding tert-OH is 1. The molecule has 106 valence electrons. The van der Waals surface area contributed by atoms with E-state index < -0.39 is 0 Å². The van der Waals surface area contributed by atoms with Gasteiger partial charge in [0.15, 0.2) is 0 Å². The van der Waals surface area contributed by atoms with Crippen LogP contribution in [-0.4, -0.2) is 30.6 Å². The molecule has 0 amide bonds. The zero-order chi connectivity index (χ0) is 13.5. The van der Waals surface area contributed by atoms with Gasteiger partial charge in [-0.3, -0.25) is 4.79 Å². The molecule has 0 bridgehead atoms. The van der Waals surface area contributed by atoms with Crippen molar-refractivity contribution < 1.29 is 19.4 Å². The van der Waals surface area contributed by atoms with E-state index in [2.05, 4.69) is 0 Å². The van der Waals surface area contributed by atoms with Crippen molar-refractivity contribution in [3.63, 3.8) is 0 Å². The number of carbonyl (C=O) groups excluding carboxylic acids is 2. The predicted octanol–water partition coefficient (Wildman–Crippen LogP) is 2.62. The quantitative estimate of drug-likeness (QED) is 0.313. The van der Waals surface area contributed by atoms with Crippen LogP contribution in [0.4, 0.5) is 0 Å². The molecule has 18 heavy (non-hydrogen) atoms. The van der Waals surface area contributed by atoms with Crippen molar-refractivity contribution >= 4 is 12.3 Å². The van der Waals surface area contributed by atoms with E-state index in [9.17, 15) is 9.59 Å². The molecule has 4 nitrogen and oxygen atoms in total. The molecule has 0 saturated carbocycles. The van der Waals surface area contributed by atoms with Crippen LogP contribution in [0.15, 0.2) is 0 Å². The van der Waals surface area contributed by atoms with E-state index in [0.717, 1.165) is 57.7 Å². The topological polar surface area (TPSA) is 63.6 Å². The van der Waals surface area contributed by atoms with E-state index in [1.807, 2.05) is 0 Å². The molecule has 0 atom stereocenters. The first-order chi connectivity index (χ1) is 8.81. The highest BCUT2D eigenvalue weighted by atomic mass is 16.5. The van der Waals surface area contributed by atoms with Gasteiger partial charge in [-0.1, -0.05) is 25.7 Å². The molecule has 0 heterocycles. The fourth-order valence-corrected chi connectivity index (χ4v) is 1.68. The summed E-state index contributed by atoms with van der Waals surface area (Å²) in [4.78, 5) is 21.3. The van der Waals surface area contributed by atoms with Crippen LogP contribution in [0.1, 0.15) is 64.2 Å². The van der Waals surface area contributed by atoms with Crippen molar-refractivity contribution in [2.45, 2.75) is 64.2 Å². The van der Waals surface area contributed by atoms with Crippen molar-refractivity contribution in [3.8, 4) is 0 Å². The fraction of sp³-hybridized carbons (Fsp3) is 0.857. The monoisotopic (exact) mass is 258 g/mol. The number of rotatable bonds is 13.